The molecule has 0 atom stereocenters. The molecule has 1 aromatic rings. The third kappa shape index (κ3) is 6.77. The summed E-state index contributed by atoms with van der Waals surface area (Å²) in [5, 5.41) is 0. The lowest BCUT2D eigenvalue weighted by Gasteiger charge is -2.26. The first-order valence-electron chi connectivity index (χ1n) is 11.6. The van der Waals surface area contributed by atoms with Crippen LogP contribution in [0.2, 0.25) is 0 Å². The van der Waals surface area contributed by atoms with Crippen molar-refractivity contribution in [3.63, 3.8) is 0 Å². The van der Waals surface area contributed by atoms with Crippen molar-refractivity contribution in [2.45, 2.75) is 77.6 Å². The van der Waals surface area contributed by atoms with Gasteiger partial charge in [-0.25, -0.2) is 0 Å². The molecule has 0 amide bonds. The predicted octanol–water partition coefficient (Wildman–Crippen LogP) is 6.93. The third-order valence-electron chi connectivity index (χ3n) is 6.88. The topological polar surface area (TPSA) is 26.3 Å². The van der Waals surface area contributed by atoms with Gasteiger partial charge in [-0.05, 0) is 100 Å². The SMILES string of the molecule is C=CCCC1CCC(C(=O)Oc2ccc(C#C[C@H]3CC[C@H](CC)CC3)cc2)CC1. The highest BCUT2D eigenvalue weighted by Crippen LogP contribution is 2.33. The molecule has 0 saturated heterocycles. The van der Waals surface area contributed by atoms with Crippen LogP contribution in [0, 0.1) is 35.5 Å². The molecule has 0 aliphatic heterocycles. The molecule has 2 aliphatic rings. The van der Waals surface area contributed by atoms with Gasteiger partial charge in [-0.3, -0.25) is 4.79 Å². The summed E-state index contributed by atoms with van der Waals surface area (Å²) in [4.78, 5) is 12.5. The Bertz CT molecular complexity index is 705. The summed E-state index contributed by atoms with van der Waals surface area (Å²) < 4.78 is 5.64. The van der Waals surface area contributed by atoms with Crippen LogP contribution in [0.15, 0.2) is 36.9 Å². The lowest BCUT2D eigenvalue weighted by molar-refractivity contribution is -0.140. The molecule has 1 aromatic carbocycles. The van der Waals surface area contributed by atoms with Gasteiger partial charge >= 0.3 is 5.97 Å². The second-order valence-electron chi connectivity index (χ2n) is 8.92. The fourth-order valence-electron chi connectivity index (χ4n) is 4.75. The molecule has 3 rings (SSSR count). The molecule has 0 heterocycles. The van der Waals surface area contributed by atoms with E-state index < -0.39 is 0 Å². The number of esters is 1. The monoisotopic (exact) mass is 392 g/mol. The van der Waals surface area contributed by atoms with Crippen LogP contribution < -0.4 is 4.74 Å². The van der Waals surface area contributed by atoms with Gasteiger partial charge in [-0.1, -0.05) is 31.3 Å². The van der Waals surface area contributed by atoms with Gasteiger partial charge in [-0.2, -0.15) is 0 Å². The van der Waals surface area contributed by atoms with Crippen LogP contribution in [0.1, 0.15) is 83.1 Å². The van der Waals surface area contributed by atoms with Gasteiger partial charge in [0.05, 0.1) is 5.92 Å². The first-order valence-corrected chi connectivity index (χ1v) is 11.6. The zero-order valence-corrected chi connectivity index (χ0v) is 18.0. The Kier molecular flexibility index (Phi) is 8.41. The summed E-state index contributed by atoms with van der Waals surface area (Å²) in [6.07, 6.45) is 14.8. The van der Waals surface area contributed by atoms with Crippen LogP contribution in [-0.4, -0.2) is 5.97 Å². The molecule has 2 saturated carbocycles. The summed E-state index contributed by atoms with van der Waals surface area (Å²) in [6.45, 7) is 6.09. The van der Waals surface area contributed by atoms with E-state index in [9.17, 15) is 4.79 Å². The number of carbonyl (C=O) groups is 1. The van der Waals surface area contributed by atoms with E-state index in [4.69, 9.17) is 4.74 Å². The van der Waals surface area contributed by atoms with Crippen LogP contribution >= 0.6 is 0 Å². The van der Waals surface area contributed by atoms with Gasteiger partial charge in [0.1, 0.15) is 5.75 Å². The number of hydrogen-bond donors (Lipinski definition) is 0. The smallest absolute Gasteiger partial charge is 0.314 e. The summed E-state index contributed by atoms with van der Waals surface area (Å²) in [5.41, 5.74) is 1.00. The van der Waals surface area contributed by atoms with E-state index in [0.717, 1.165) is 49.5 Å². The highest BCUT2D eigenvalue weighted by molar-refractivity contribution is 5.75. The summed E-state index contributed by atoms with van der Waals surface area (Å²) >= 11 is 0. The average Bonchev–Trinajstić information content (AvgIpc) is 2.78. The van der Waals surface area contributed by atoms with Gasteiger partial charge < -0.3 is 4.74 Å². The summed E-state index contributed by atoms with van der Waals surface area (Å²) in [6, 6.07) is 7.70. The predicted molar refractivity (Wildman–Crippen MR) is 120 cm³/mol. The second kappa shape index (κ2) is 11.2. The molecule has 2 aliphatic carbocycles. The molecular weight excluding hydrogens is 356 g/mol. The zero-order chi connectivity index (χ0) is 20.5. The largest absolute Gasteiger partial charge is 0.426 e. The molecule has 29 heavy (non-hydrogen) atoms. The lowest BCUT2D eigenvalue weighted by Crippen LogP contribution is -2.25. The Hall–Kier alpha value is -2.01. The minimum Gasteiger partial charge on any atom is -0.426 e. The van der Waals surface area contributed by atoms with Crippen molar-refractivity contribution < 1.29 is 9.53 Å². The van der Waals surface area contributed by atoms with E-state index in [2.05, 4.69) is 25.3 Å². The fraction of sp³-hybridized carbons (Fsp3) is 0.593. The zero-order valence-electron chi connectivity index (χ0n) is 18.0. The Balaban J connectivity index is 1.44. The number of rotatable bonds is 6. The third-order valence-corrected chi connectivity index (χ3v) is 6.88. The van der Waals surface area contributed by atoms with Crippen LogP contribution in [0.5, 0.6) is 5.75 Å². The molecule has 0 spiro atoms. The van der Waals surface area contributed by atoms with Crippen LogP contribution in [0.4, 0.5) is 0 Å². The maximum Gasteiger partial charge on any atom is 0.314 e. The number of ether oxygens (including phenoxy) is 1. The molecule has 156 valence electrons. The highest BCUT2D eigenvalue weighted by Gasteiger charge is 2.27. The van der Waals surface area contributed by atoms with E-state index in [1.54, 1.807) is 0 Å². The number of hydrogen-bond acceptors (Lipinski definition) is 2. The Morgan fingerprint density at radius 1 is 1.03 bits per heavy atom. The van der Waals surface area contributed by atoms with Crippen molar-refractivity contribution >= 4 is 5.97 Å². The number of benzene rings is 1. The van der Waals surface area contributed by atoms with Crippen molar-refractivity contribution in [3.05, 3.63) is 42.5 Å². The molecule has 2 nitrogen and oxygen atoms in total. The van der Waals surface area contributed by atoms with Gasteiger partial charge in [0.15, 0.2) is 0 Å². The molecule has 0 aromatic heterocycles. The van der Waals surface area contributed by atoms with Crippen molar-refractivity contribution in [2.75, 3.05) is 0 Å². The first-order chi connectivity index (χ1) is 14.2. The van der Waals surface area contributed by atoms with E-state index >= 15 is 0 Å². The highest BCUT2D eigenvalue weighted by atomic mass is 16.5. The Morgan fingerprint density at radius 2 is 1.69 bits per heavy atom. The van der Waals surface area contributed by atoms with Gasteiger partial charge in [-0.15, -0.1) is 6.58 Å². The molecule has 0 unspecified atom stereocenters. The minimum absolute atomic E-state index is 0.0488. The summed E-state index contributed by atoms with van der Waals surface area (Å²) in [7, 11) is 0. The van der Waals surface area contributed by atoms with Crippen molar-refractivity contribution in [1.82, 2.24) is 0 Å². The van der Waals surface area contributed by atoms with Crippen molar-refractivity contribution in [3.8, 4) is 17.6 Å². The quantitative estimate of drug-likeness (QED) is 0.227. The lowest BCUT2D eigenvalue weighted by atomic mass is 9.80. The van der Waals surface area contributed by atoms with Gasteiger partial charge in [0.2, 0.25) is 0 Å². The van der Waals surface area contributed by atoms with Gasteiger partial charge in [0.25, 0.3) is 0 Å². The van der Waals surface area contributed by atoms with Crippen LogP contribution in [0.25, 0.3) is 0 Å². The summed E-state index contributed by atoms with van der Waals surface area (Å²) in [5.74, 6) is 9.57. The van der Waals surface area contributed by atoms with E-state index in [-0.39, 0.29) is 11.9 Å². The second-order valence-corrected chi connectivity index (χ2v) is 8.92. The van der Waals surface area contributed by atoms with Crippen LogP contribution in [-0.2, 0) is 4.79 Å². The number of allylic oxidation sites excluding steroid dienone is 1. The van der Waals surface area contributed by atoms with E-state index in [1.165, 1.54) is 38.5 Å². The van der Waals surface area contributed by atoms with E-state index in [1.807, 2.05) is 30.3 Å². The maximum atomic E-state index is 12.5. The molecule has 2 heteroatoms. The number of carbonyl (C=O) groups excluding carboxylic acids is 1. The molecule has 0 radical (unpaired) electrons. The Labute approximate surface area is 177 Å². The molecule has 0 N–H and O–H groups in total. The van der Waals surface area contributed by atoms with Crippen LogP contribution in [0.3, 0.4) is 0 Å². The Morgan fingerprint density at radius 3 is 2.31 bits per heavy atom. The fourth-order valence-corrected chi connectivity index (χ4v) is 4.75. The molecule has 0 bridgehead atoms. The standard InChI is InChI=1S/C27H36O2/c1-3-5-6-22-13-17-25(18-14-22)27(28)29-26-19-15-24(16-20-26)12-11-23-9-7-21(4-2)8-10-23/h3,15-16,19-23,25H,1,4-10,13-14,17-18H2,2H3/t21-,22?,23-,25?. The molecular formula is C27H36O2. The maximum absolute atomic E-state index is 12.5. The minimum atomic E-state index is -0.0707. The van der Waals surface area contributed by atoms with Crippen molar-refractivity contribution in [2.24, 2.45) is 23.7 Å². The van der Waals surface area contributed by atoms with Crippen molar-refractivity contribution in [1.29, 1.82) is 0 Å². The average molecular weight is 393 g/mol. The normalized spacial score (nSPS) is 26.8. The van der Waals surface area contributed by atoms with Gasteiger partial charge in [0, 0.05) is 11.5 Å². The first kappa shape index (κ1) is 21.7. The van der Waals surface area contributed by atoms with E-state index in [0.29, 0.717) is 11.7 Å². The molecule has 2 fully saturated rings.